The van der Waals surface area contributed by atoms with Crippen molar-refractivity contribution in [3.63, 3.8) is 0 Å². The Kier molecular flexibility index (Phi) is 4.59. The Bertz CT molecular complexity index is 928. The quantitative estimate of drug-likeness (QED) is 0.506. The Labute approximate surface area is 145 Å². The van der Waals surface area contributed by atoms with Crippen molar-refractivity contribution in [2.45, 2.75) is 23.5 Å². The fourth-order valence-electron chi connectivity index (χ4n) is 2.15. The zero-order chi connectivity index (χ0) is 17.1. The van der Waals surface area contributed by atoms with Gasteiger partial charge in [0, 0.05) is 12.6 Å². The molecule has 24 heavy (non-hydrogen) atoms. The molecule has 0 aliphatic heterocycles. The first-order valence-electron chi connectivity index (χ1n) is 6.97. The third-order valence-electron chi connectivity index (χ3n) is 3.26. The van der Waals surface area contributed by atoms with Crippen LogP contribution in [0.5, 0.6) is 0 Å². The summed E-state index contributed by atoms with van der Waals surface area (Å²) < 4.78 is 1.92. The van der Waals surface area contributed by atoms with Crippen molar-refractivity contribution in [2.75, 3.05) is 0 Å². The molecule has 9 heteroatoms. The maximum atomic E-state index is 11.3. The lowest BCUT2D eigenvalue weighted by Gasteiger charge is -2.06. The highest BCUT2D eigenvalue weighted by atomic mass is 32.2. The van der Waals surface area contributed by atoms with E-state index in [0.717, 1.165) is 10.7 Å². The molecule has 0 saturated carbocycles. The molecule has 0 aliphatic carbocycles. The molecule has 0 N–H and O–H groups in total. The van der Waals surface area contributed by atoms with Crippen molar-refractivity contribution in [3.05, 3.63) is 51.4 Å². The third kappa shape index (κ3) is 3.02. The van der Waals surface area contributed by atoms with Crippen molar-refractivity contribution in [1.82, 2.24) is 14.8 Å². The summed E-state index contributed by atoms with van der Waals surface area (Å²) in [4.78, 5) is 12.2. The van der Waals surface area contributed by atoms with Gasteiger partial charge in [0.25, 0.3) is 5.69 Å². The average molecular weight is 357 g/mol. The van der Waals surface area contributed by atoms with Crippen LogP contribution in [0, 0.1) is 21.4 Å². The number of nitriles is 1. The van der Waals surface area contributed by atoms with Crippen LogP contribution >= 0.6 is 23.1 Å². The summed E-state index contributed by atoms with van der Waals surface area (Å²) in [5.74, 6) is 0.742. The van der Waals surface area contributed by atoms with Gasteiger partial charge in [-0.1, -0.05) is 6.07 Å². The first-order chi connectivity index (χ1) is 11.6. The maximum absolute atomic E-state index is 11.3. The van der Waals surface area contributed by atoms with Crippen LogP contribution in [0.4, 0.5) is 5.69 Å². The van der Waals surface area contributed by atoms with Crippen LogP contribution in [0.25, 0.3) is 10.7 Å². The van der Waals surface area contributed by atoms with Gasteiger partial charge in [-0.25, -0.2) is 0 Å². The SMILES string of the molecule is CCn1c(Sc2ccc(C#N)cc2[N+](=O)[O-])nnc1-c1cccs1. The molecule has 0 aliphatic rings. The number of thiophene rings is 1. The van der Waals surface area contributed by atoms with Gasteiger partial charge < -0.3 is 4.57 Å². The molecule has 2 aromatic heterocycles. The highest BCUT2D eigenvalue weighted by molar-refractivity contribution is 7.99. The highest BCUT2D eigenvalue weighted by Crippen LogP contribution is 2.36. The van der Waals surface area contributed by atoms with E-state index in [1.807, 2.05) is 35.1 Å². The summed E-state index contributed by atoms with van der Waals surface area (Å²) in [5, 5.41) is 31.1. The van der Waals surface area contributed by atoms with Crippen molar-refractivity contribution in [1.29, 1.82) is 5.26 Å². The Morgan fingerprint density at radius 2 is 2.25 bits per heavy atom. The van der Waals surface area contributed by atoms with Gasteiger partial charge in [-0.2, -0.15) is 5.26 Å². The number of benzene rings is 1. The summed E-state index contributed by atoms with van der Waals surface area (Å²) in [7, 11) is 0. The van der Waals surface area contributed by atoms with Gasteiger partial charge in [-0.15, -0.1) is 21.5 Å². The minimum absolute atomic E-state index is 0.109. The molecule has 0 spiro atoms. The van der Waals surface area contributed by atoms with Gasteiger partial charge in [0.05, 0.1) is 26.3 Å². The van der Waals surface area contributed by atoms with E-state index in [0.29, 0.717) is 16.6 Å². The normalized spacial score (nSPS) is 10.5. The Morgan fingerprint density at radius 1 is 1.42 bits per heavy atom. The number of nitro benzene ring substituents is 1. The number of nitrogens with zero attached hydrogens (tertiary/aromatic N) is 5. The fourth-order valence-corrected chi connectivity index (χ4v) is 3.85. The highest BCUT2D eigenvalue weighted by Gasteiger charge is 2.20. The number of aromatic nitrogens is 3. The van der Waals surface area contributed by atoms with Crippen molar-refractivity contribution >= 4 is 28.8 Å². The lowest BCUT2D eigenvalue weighted by molar-refractivity contribution is -0.387. The molecule has 0 atom stereocenters. The smallest absolute Gasteiger partial charge is 0.284 e. The molecular weight excluding hydrogens is 346 g/mol. The van der Waals surface area contributed by atoms with Crippen molar-refractivity contribution in [2.24, 2.45) is 0 Å². The number of nitro groups is 1. The second kappa shape index (κ2) is 6.82. The standard InChI is InChI=1S/C15H11N5O2S2/c1-2-19-14(13-4-3-7-23-13)17-18-15(19)24-12-6-5-10(9-16)8-11(12)20(21)22/h3-8H,2H2,1H3. The molecule has 3 aromatic rings. The molecular formula is C15H11N5O2S2. The number of hydrogen-bond acceptors (Lipinski definition) is 7. The Balaban J connectivity index is 2.01. The zero-order valence-electron chi connectivity index (χ0n) is 12.5. The van der Waals surface area contributed by atoms with E-state index in [1.165, 1.54) is 17.8 Å². The summed E-state index contributed by atoms with van der Waals surface area (Å²) in [6.07, 6.45) is 0. The Hall–Kier alpha value is -2.70. The second-order valence-electron chi connectivity index (χ2n) is 4.68. The van der Waals surface area contributed by atoms with Crippen LogP contribution < -0.4 is 0 Å². The van der Waals surface area contributed by atoms with Gasteiger partial charge in [0.2, 0.25) is 0 Å². The van der Waals surface area contributed by atoms with Gasteiger partial charge in [-0.05, 0) is 42.3 Å². The second-order valence-corrected chi connectivity index (χ2v) is 6.64. The molecule has 0 radical (unpaired) electrons. The van der Waals surface area contributed by atoms with Crippen LogP contribution in [0.15, 0.2) is 45.8 Å². The van der Waals surface area contributed by atoms with E-state index in [4.69, 9.17) is 5.26 Å². The zero-order valence-corrected chi connectivity index (χ0v) is 14.2. The summed E-state index contributed by atoms with van der Waals surface area (Å²) in [5.41, 5.74) is 0.143. The predicted molar refractivity (Wildman–Crippen MR) is 90.9 cm³/mol. The third-order valence-corrected chi connectivity index (χ3v) is 5.18. The van der Waals surface area contributed by atoms with Crippen LogP contribution in [0.3, 0.4) is 0 Å². The van der Waals surface area contributed by atoms with Crippen molar-refractivity contribution in [3.8, 4) is 16.8 Å². The average Bonchev–Trinajstić information content (AvgIpc) is 3.23. The fraction of sp³-hybridized carbons (Fsp3) is 0.133. The maximum Gasteiger partial charge on any atom is 0.284 e. The number of rotatable bonds is 5. The van der Waals surface area contributed by atoms with Gasteiger partial charge in [0.15, 0.2) is 11.0 Å². The van der Waals surface area contributed by atoms with Crippen LogP contribution in [-0.2, 0) is 6.54 Å². The molecule has 0 unspecified atom stereocenters. The predicted octanol–water partition coefficient (Wildman–Crippen LogP) is 3.96. The van der Waals surface area contributed by atoms with Crippen molar-refractivity contribution < 1.29 is 4.92 Å². The van der Waals surface area contributed by atoms with Crippen LogP contribution in [0.2, 0.25) is 0 Å². The van der Waals surface area contributed by atoms with E-state index >= 15 is 0 Å². The Morgan fingerprint density at radius 3 is 2.88 bits per heavy atom. The van der Waals surface area contributed by atoms with E-state index < -0.39 is 4.92 Å². The van der Waals surface area contributed by atoms with E-state index in [-0.39, 0.29) is 11.3 Å². The minimum Gasteiger partial charge on any atom is -0.301 e. The molecule has 0 amide bonds. The van der Waals surface area contributed by atoms with Gasteiger partial charge in [0.1, 0.15) is 0 Å². The first kappa shape index (κ1) is 16.2. The largest absolute Gasteiger partial charge is 0.301 e. The lowest BCUT2D eigenvalue weighted by atomic mass is 10.2. The van der Waals surface area contributed by atoms with E-state index in [2.05, 4.69) is 10.2 Å². The number of hydrogen-bond donors (Lipinski definition) is 0. The first-order valence-corrected chi connectivity index (χ1v) is 8.67. The molecule has 120 valence electrons. The molecule has 1 aromatic carbocycles. The molecule has 7 nitrogen and oxygen atoms in total. The van der Waals surface area contributed by atoms with Crippen LogP contribution in [0.1, 0.15) is 12.5 Å². The van der Waals surface area contributed by atoms with Gasteiger partial charge in [-0.3, -0.25) is 10.1 Å². The lowest BCUT2D eigenvalue weighted by Crippen LogP contribution is -1.99. The van der Waals surface area contributed by atoms with Crippen LogP contribution in [-0.4, -0.2) is 19.7 Å². The molecule has 0 fully saturated rings. The van der Waals surface area contributed by atoms with Gasteiger partial charge >= 0.3 is 0 Å². The molecule has 3 rings (SSSR count). The van der Waals surface area contributed by atoms with E-state index in [1.54, 1.807) is 23.5 Å². The monoisotopic (exact) mass is 357 g/mol. The minimum atomic E-state index is -0.490. The molecule has 2 heterocycles. The summed E-state index contributed by atoms with van der Waals surface area (Å²) >= 11 is 2.74. The molecule has 0 bridgehead atoms. The molecule has 0 saturated heterocycles. The topological polar surface area (TPSA) is 97.6 Å². The summed E-state index contributed by atoms with van der Waals surface area (Å²) in [6.45, 7) is 2.62. The van der Waals surface area contributed by atoms with E-state index in [9.17, 15) is 10.1 Å². The summed E-state index contributed by atoms with van der Waals surface area (Å²) in [6, 6.07) is 10.2.